The second kappa shape index (κ2) is 10.6. The summed E-state index contributed by atoms with van der Waals surface area (Å²) in [7, 11) is 9.56. The standard InChI is InChI=1S/C18H42N2/c1-7-9-15-19(3,4)17-13-11-12-14-18-20(5,6)16-10-8-2/h7-18H2,1-6H3/q+2. The molecule has 2 nitrogen and oxygen atoms in total. The van der Waals surface area contributed by atoms with Crippen LogP contribution in [-0.4, -0.2) is 63.3 Å². The van der Waals surface area contributed by atoms with Crippen LogP contribution in [0.15, 0.2) is 0 Å². The van der Waals surface area contributed by atoms with Gasteiger partial charge in [-0.2, -0.15) is 0 Å². The van der Waals surface area contributed by atoms with E-state index in [1.807, 2.05) is 0 Å². The molecular weight excluding hydrogens is 244 g/mol. The van der Waals surface area contributed by atoms with Crippen molar-refractivity contribution < 1.29 is 8.97 Å². The Morgan fingerprint density at radius 3 is 1.05 bits per heavy atom. The highest BCUT2D eigenvalue weighted by Gasteiger charge is 2.15. The van der Waals surface area contributed by atoms with E-state index in [1.165, 1.54) is 86.5 Å². The molecule has 0 fully saturated rings. The summed E-state index contributed by atoms with van der Waals surface area (Å²) in [6.07, 6.45) is 11.0. The fourth-order valence-corrected chi connectivity index (χ4v) is 2.83. The van der Waals surface area contributed by atoms with E-state index in [4.69, 9.17) is 0 Å². The molecule has 0 aliphatic heterocycles. The molecule has 0 radical (unpaired) electrons. The van der Waals surface area contributed by atoms with Gasteiger partial charge in [-0.05, 0) is 38.5 Å². The fraction of sp³-hybridized carbons (Fsp3) is 1.00. The molecule has 122 valence electrons. The van der Waals surface area contributed by atoms with Crippen LogP contribution >= 0.6 is 0 Å². The second-order valence-corrected chi connectivity index (χ2v) is 7.89. The maximum Gasteiger partial charge on any atom is 0.0782 e. The first kappa shape index (κ1) is 19.9. The van der Waals surface area contributed by atoms with E-state index in [2.05, 4.69) is 42.0 Å². The van der Waals surface area contributed by atoms with Crippen LogP contribution in [-0.2, 0) is 0 Å². The number of quaternary nitrogens is 2. The van der Waals surface area contributed by atoms with Crippen LogP contribution in [0, 0.1) is 0 Å². The van der Waals surface area contributed by atoms with Gasteiger partial charge in [-0.15, -0.1) is 0 Å². The third kappa shape index (κ3) is 11.7. The first-order valence-corrected chi connectivity index (χ1v) is 8.97. The minimum absolute atomic E-state index is 1.21. The lowest BCUT2D eigenvalue weighted by Gasteiger charge is -2.30. The van der Waals surface area contributed by atoms with Crippen LogP contribution in [0.1, 0.15) is 65.2 Å². The molecule has 0 heterocycles. The van der Waals surface area contributed by atoms with Gasteiger partial charge in [0.25, 0.3) is 0 Å². The SMILES string of the molecule is CCCC[N+](C)(C)CCCCCC[N+](C)(C)CCCC. The number of hydrogen-bond donors (Lipinski definition) is 0. The van der Waals surface area contributed by atoms with Crippen molar-refractivity contribution in [1.82, 2.24) is 0 Å². The molecule has 0 saturated heterocycles. The molecule has 0 bridgehead atoms. The van der Waals surface area contributed by atoms with Gasteiger partial charge in [-0.25, -0.2) is 0 Å². The Balaban J connectivity index is 3.57. The molecule has 0 atom stereocenters. The Hall–Kier alpha value is -0.0800. The van der Waals surface area contributed by atoms with Crippen molar-refractivity contribution in [2.75, 3.05) is 54.4 Å². The van der Waals surface area contributed by atoms with Gasteiger partial charge in [0.15, 0.2) is 0 Å². The predicted molar refractivity (Wildman–Crippen MR) is 92.0 cm³/mol. The lowest BCUT2D eigenvalue weighted by atomic mass is 10.1. The van der Waals surface area contributed by atoms with Crippen molar-refractivity contribution in [3.8, 4) is 0 Å². The van der Waals surface area contributed by atoms with Gasteiger partial charge < -0.3 is 8.97 Å². The van der Waals surface area contributed by atoms with Gasteiger partial charge in [0.1, 0.15) is 0 Å². The maximum atomic E-state index is 2.39. The van der Waals surface area contributed by atoms with Crippen LogP contribution in [0.3, 0.4) is 0 Å². The molecule has 0 N–H and O–H groups in total. The van der Waals surface area contributed by atoms with Gasteiger partial charge in [-0.1, -0.05) is 26.7 Å². The Morgan fingerprint density at radius 1 is 0.450 bits per heavy atom. The summed E-state index contributed by atoms with van der Waals surface area (Å²) < 4.78 is 2.43. The Labute approximate surface area is 129 Å². The topological polar surface area (TPSA) is 0 Å². The minimum atomic E-state index is 1.21. The molecule has 20 heavy (non-hydrogen) atoms. The van der Waals surface area contributed by atoms with Crippen molar-refractivity contribution in [3.05, 3.63) is 0 Å². The largest absolute Gasteiger partial charge is 0.328 e. The molecule has 0 saturated carbocycles. The molecule has 0 aliphatic carbocycles. The van der Waals surface area contributed by atoms with E-state index in [0.29, 0.717) is 0 Å². The Bertz CT molecular complexity index is 197. The summed E-state index contributed by atoms with van der Waals surface area (Å²) >= 11 is 0. The zero-order valence-corrected chi connectivity index (χ0v) is 15.4. The summed E-state index contributed by atoms with van der Waals surface area (Å²) in [5.41, 5.74) is 0. The predicted octanol–water partition coefficient (Wildman–Crippen LogP) is 4.30. The van der Waals surface area contributed by atoms with E-state index in [-0.39, 0.29) is 0 Å². The van der Waals surface area contributed by atoms with Gasteiger partial charge in [0, 0.05) is 0 Å². The third-order valence-corrected chi connectivity index (χ3v) is 4.51. The summed E-state index contributed by atoms with van der Waals surface area (Å²) in [5, 5.41) is 0. The second-order valence-electron chi connectivity index (χ2n) is 7.89. The van der Waals surface area contributed by atoms with Gasteiger partial charge in [0.05, 0.1) is 54.4 Å². The molecular formula is C18H42N2+2. The van der Waals surface area contributed by atoms with Crippen LogP contribution in [0.2, 0.25) is 0 Å². The summed E-state index contributed by atoms with van der Waals surface area (Å²) in [4.78, 5) is 0. The Morgan fingerprint density at radius 2 is 0.750 bits per heavy atom. The zero-order valence-electron chi connectivity index (χ0n) is 15.4. The molecule has 0 aromatic heterocycles. The molecule has 0 aromatic carbocycles. The summed E-state index contributed by atoms with van der Waals surface area (Å²) in [6.45, 7) is 9.98. The van der Waals surface area contributed by atoms with E-state index in [0.717, 1.165) is 0 Å². The normalized spacial score (nSPS) is 12.9. The highest BCUT2D eigenvalue weighted by Crippen LogP contribution is 2.10. The van der Waals surface area contributed by atoms with E-state index < -0.39 is 0 Å². The van der Waals surface area contributed by atoms with Crippen LogP contribution in [0.4, 0.5) is 0 Å². The first-order valence-electron chi connectivity index (χ1n) is 8.97. The minimum Gasteiger partial charge on any atom is -0.328 e. The first-order chi connectivity index (χ1) is 9.33. The molecule has 0 spiro atoms. The van der Waals surface area contributed by atoms with E-state index in [1.54, 1.807) is 0 Å². The van der Waals surface area contributed by atoms with Crippen molar-refractivity contribution in [2.45, 2.75) is 65.2 Å². The highest BCUT2D eigenvalue weighted by molar-refractivity contribution is 4.45. The van der Waals surface area contributed by atoms with Crippen molar-refractivity contribution in [3.63, 3.8) is 0 Å². The maximum absolute atomic E-state index is 2.39. The lowest BCUT2D eigenvalue weighted by molar-refractivity contribution is -0.891. The zero-order chi connectivity index (χ0) is 15.5. The van der Waals surface area contributed by atoms with Crippen LogP contribution in [0.5, 0.6) is 0 Å². The van der Waals surface area contributed by atoms with Gasteiger partial charge >= 0.3 is 0 Å². The van der Waals surface area contributed by atoms with Crippen molar-refractivity contribution >= 4 is 0 Å². The quantitative estimate of drug-likeness (QED) is 0.350. The average Bonchev–Trinajstić information content (AvgIpc) is 2.38. The number of nitrogens with zero attached hydrogens (tertiary/aromatic N) is 2. The van der Waals surface area contributed by atoms with E-state index >= 15 is 0 Å². The van der Waals surface area contributed by atoms with Crippen LogP contribution < -0.4 is 0 Å². The monoisotopic (exact) mass is 286 g/mol. The molecule has 0 aliphatic rings. The molecule has 2 heteroatoms. The van der Waals surface area contributed by atoms with Gasteiger partial charge in [0.2, 0.25) is 0 Å². The van der Waals surface area contributed by atoms with Crippen molar-refractivity contribution in [2.24, 2.45) is 0 Å². The fourth-order valence-electron chi connectivity index (χ4n) is 2.83. The molecule has 0 unspecified atom stereocenters. The average molecular weight is 287 g/mol. The number of hydrogen-bond acceptors (Lipinski definition) is 0. The van der Waals surface area contributed by atoms with Crippen LogP contribution in [0.25, 0.3) is 0 Å². The van der Waals surface area contributed by atoms with Crippen molar-refractivity contribution in [1.29, 1.82) is 0 Å². The van der Waals surface area contributed by atoms with E-state index in [9.17, 15) is 0 Å². The van der Waals surface area contributed by atoms with Gasteiger partial charge in [-0.3, -0.25) is 0 Å². The summed E-state index contributed by atoms with van der Waals surface area (Å²) in [5.74, 6) is 0. The third-order valence-electron chi connectivity index (χ3n) is 4.51. The molecule has 0 amide bonds. The highest BCUT2D eigenvalue weighted by atomic mass is 15.3. The Kier molecular flexibility index (Phi) is 10.6. The lowest BCUT2D eigenvalue weighted by Crippen LogP contribution is -2.41. The number of unbranched alkanes of at least 4 members (excludes halogenated alkanes) is 5. The number of rotatable bonds is 13. The summed E-state index contributed by atoms with van der Waals surface area (Å²) in [6, 6.07) is 0. The smallest absolute Gasteiger partial charge is 0.0782 e. The molecule has 0 aromatic rings. The molecule has 0 rings (SSSR count).